The van der Waals surface area contributed by atoms with E-state index >= 15 is 0 Å². The number of benzene rings is 2. The molecule has 0 aliphatic carbocycles. The summed E-state index contributed by atoms with van der Waals surface area (Å²) < 4.78 is 5.89. The number of fused-ring (bicyclic) bond motifs is 3. The lowest BCUT2D eigenvalue weighted by atomic mass is 10.2. The fourth-order valence-electron chi connectivity index (χ4n) is 2.68. The Balaban J connectivity index is 1.58. The molecule has 0 aliphatic rings. The lowest BCUT2D eigenvalue weighted by Crippen LogP contribution is -2.14. The van der Waals surface area contributed by atoms with Crippen LogP contribution in [0.4, 0.5) is 5.69 Å². The molecule has 2 aromatic heterocycles. The number of aryl methyl sites for hydroxylation is 1. The van der Waals surface area contributed by atoms with Crippen molar-refractivity contribution in [2.45, 2.75) is 11.9 Å². The van der Waals surface area contributed by atoms with Crippen LogP contribution in [0.3, 0.4) is 0 Å². The van der Waals surface area contributed by atoms with E-state index in [-0.39, 0.29) is 17.4 Å². The summed E-state index contributed by atoms with van der Waals surface area (Å²) >= 11 is 1.29. The Labute approximate surface area is 153 Å². The number of hydrogen-bond donors (Lipinski definition) is 2. The van der Waals surface area contributed by atoms with E-state index in [0.29, 0.717) is 22.1 Å². The number of amides is 1. The molecular formula is C19H15N3O3S. The zero-order valence-electron chi connectivity index (χ0n) is 13.9. The van der Waals surface area contributed by atoms with E-state index in [1.807, 2.05) is 31.2 Å². The van der Waals surface area contributed by atoms with Crippen LogP contribution in [-0.2, 0) is 4.79 Å². The van der Waals surface area contributed by atoms with E-state index in [9.17, 15) is 9.90 Å². The smallest absolute Gasteiger partial charge is 0.234 e. The number of carbonyl (C=O) groups excluding carboxylic acids is 1. The van der Waals surface area contributed by atoms with Crippen LogP contribution < -0.4 is 5.32 Å². The van der Waals surface area contributed by atoms with Gasteiger partial charge in [-0.3, -0.25) is 4.79 Å². The van der Waals surface area contributed by atoms with Crippen molar-refractivity contribution in [2.24, 2.45) is 0 Å². The van der Waals surface area contributed by atoms with Gasteiger partial charge in [0, 0.05) is 17.1 Å². The van der Waals surface area contributed by atoms with Gasteiger partial charge in [0.1, 0.15) is 27.7 Å². The monoisotopic (exact) mass is 365 g/mol. The molecule has 130 valence electrons. The van der Waals surface area contributed by atoms with Gasteiger partial charge in [0.05, 0.1) is 5.75 Å². The van der Waals surface area contributed by atoms with Gasteiger partial charge in [-0.15, -0.1) is 0 Å². The normalized spacial score (nSPS) is 11.1. The Morgan fingerprint density at radius 2 is 2.04 bits per heavy atom. The number of aromatic hydroxyl groups is 1. The van der Waals surface area contributed by atoms with Gasteiger partial charge in [0.2, 0.25) is 5.91 Å². The fourth-order valence-corrected chi connectivity index (χ4v) is 3.49. The first kappa shape index (κ1) is 16.4. The second-order valence-electron chi connectivity index (χ2n) is 5.74. The van der Waals surface area contributed by atoms with Gasteiger partial charge in [-0.2, -0.15) is 0 Å². The molecular weight excluding hydrogens is 350 g/mol. The molecule has 0 aliphatic heterocycles. The van der Waals surface area contributed by atoms with Crippen LogP contribution in [0.5, 0.6) is 5.75 Å². The number of para-hydroxylation sites is 1. The highest BCUT2D eigenvalue weighted by Gasteiger charge is 2.16. The standard InChI is InChI=1S/C19H15N3O3S/c1-11-20-17-14-7-2-3-8-15(14)25-18(17)19(21-11)26-10-16(24)22-12-5-4-6-13(23)9-12/h2-9,23H,10H2,1H3,(H,22,24). The van der Waals surface area contributed by atoms with Crippen LogP contribution in [0.1, 0.15) is 5.82 Å². The molecule has 2 heterocycles. The van der Waals surface area contributed by atoms with Crippen LogP contribution in [0.2, 0.25) is 0 Å². The van der Waals surface area contributed by atoms with Crippen molar-refractivity contribution in [1.82, 2.24) is 9.97 Å². The van der Waals surface area contributed by atoms with Crippen molar-refractivity contribution >= 4 is 45.4 Å². The van der Waals surface area contributed by atoms with E-state index in [4.69, 9.17) is 4.42 Å². The summed E-state index contributed by atoms with van der Waals surface area (Å²) in [5, 5.41) is 13.8. The van der Waals surface area contributed by atoms with Crippen molar-refractivity contribution in [3.05, 3.63) is 54.4 Å². The first-order valence-electron chi connectivity index (χ1n) is 7.98. The molecule has 0 bridgehead atoms. The first-order valence-corrected chi connectivity index (χ1v) is 8.96. The third kappa shape index (κ3) is 3.21. The first-order chi connectivity index (χ1) is 12.6. The minimum Gasteiger partial charge on any atom is -0.508 e. The highest BCUT2D eigenvalue weighted by atomic mass is 32.2. The summed E-state index contributed by atoms with van der Waals surface area (Å²) in [6.07, 6.45) is 0. The molecule has 0 radical (unpaired) electrons. The second kappa shape index (κ2) is 6.68. The Morgan fingerprint density at radius 3 is 2.88 bits per heavy atom. The fraction of sp³-hybridized carbons (Fsp3) is 0.105. The molecule has 7 heteroatoms. The molecule has 0 atom stereocenters. The van der Waals surface area contributed by atoms with Crippen molar-refractivity contribution in [3.8, 4) is 5.75 Å². The predicted molar refractivity (Wildman–Crippen MR) is 102 cm³/mol. The summed E-state index contributed by atoms with van der Waals surface area (Å²) in [6.45, 7) is 1.82. The Kier molecular flexibility index (Phi) is 4.22. The average molecular weight is 365 g/mol. The van der Waals surface area contributed by atoms with E-state index in [1.54, 1.807) is 18.2 Å². The van der Waals surface area contributed by atoms with Gasteiger partial charge < -0.3 is 14.8 Å². The third-order valence-corrected chi connectivity index (χ3v) is 4.73. The molecule has 0 unspecified atom stereocenters. The summed E-state index contributed by atoms with van der Waals surface area (Å²) in [5.41, 5.74) is 2.63. The van der Waals surface area contributed by atoms with Gasteiger partial charge in [-0.25, -0.2) is 9.97 Å². The molecule has 0 saturated carbocycles. The summed E-state index contributed by atoms with van der Waals surface area (Å²) in [7, 11) is 0. The van der Waals surface area contributed by atoms with Crippen LogP contribution in [0.15, 0.2) is 58.0 Å². The molecule has 0 saturated heterocycles. The topological polar surface area (TPSA) is 88.2 Å². The molecule has 0 spiro atoms. The number of phenolic OH excluding ortho intramolecular Hbond substituents is 1. The molecule has 4 aromatic rings. The molecule has 2 N–H and O–H groups in total. The highest BCUT2D eigenvalue weighted by Crippen LogP contribution is 2.33. The summed E-state index contributed by atoms with van der Waals surface area (Å²) in [4.78, 5) is 21.1. The lowest BCUT2D eigenvalue weighted by molar-refractivity contribution is -0.113. The number of rotatable bonds is 4. The quantitative estimate of drug-likeness (QED) is 0.418. The average Bonchev–Trinajstić information content (AvgIpc) is 2.98. The Hall–Kier alpha value is -3.06. The lowest BCUT2D eigenvalue weighted by Gasteiger charge is -2.06. The SMILES string of the molecule is Cc1nc(SCC(=O)Nc2cccc(O)c2)c2oc3ccccc3c2n1. The van der Waals surface area contributed by atoms with Crippen molar-refractivity contribution in [1.29, 1.82) is 0 Å². The molecule has 2 aromatic carbocycles. The zero-order valence-corrected chi connectivity index (χ0v) is 14.7. The van der Waals surface area contributed by atoms with Gasteiger partial charge in [0.15, 0.2) is 5.58 Å². The Morgan fingerprint density at radius 1 is 1.19 bits per heavy atom. The number of hydrogen-bond acceptors (Lipinski definition) is 6. The van der Waals surface area contributed by atoms with Gasteiger partial charge in [-0.1, -0.05) is 30.0 Å². The van der Waals surface area contributed by atoms with Crippen molar-refractivity contribution in [3.63, 3.8) is 0 Å². The molecule has 1 amide bonds. The maximum absolute atomic E-state index is 12.2. The van der Waals surface area contributed by atoms with Crippen LogP contribution in [-0.4, -0.2) is 26.7 Å². The van der Waals surface area contributed by atoms with Crippen molar-refractivity contribution < 1.29 is 14.3 Å². The number of carbonyl (C=O) groups is 1. The van der Waals surface area contributed by atoms with E-state index in [1.165, 1.54) is 17.8 Å². The number of nitrogens with one attached hydrogen (secondary N) is 1. The van der Waals surface area contributed by atoms with Crippen LogP contribution in [0, 0.1) is 6.92 Å². The summed E-state index contributed by atoms with van der Waals surface area (Å²) in [5.74, 6) is 0.699. The minimum atomic E-state index is -0.193. The van der Waals surface area contributed by atoms with Crippen LogP contribution in [0.25, 0.3) is 22.1 Å². The number of aromatic nitrogens is 2. The molecule has 4 rings (SSSR count). The number of anilines is 1. The highest BCUT2D eigenvalue weighted by molar-refractivity contribution is 8.00. The van der Waals surface area contributed by atoms with Gasteiger partial charge in [-0.05, 0) is 31.2 Å². The maximum atomic E-state index is 12.2. The number of nitrogens with zero attached hydrogens (tertiary/aromatic N) is 2. The van der Waals surface area contributed by atoms with E-state index < -0.39 is 0 Å². The Bertz CT molecular complexity index is 1120. The van der Waals surface area contributed by atoms with E-state index in [0.717, 1.165) is 16.5 Å². The maximum Gasteiger partial charge on any atom is 0.234 e. The van der Waals surface area contributed by atoms with Crippen molar-refractivity contribution in [2.75, 3.05) is 11.1 Å². The summed E-state index contributed by atoms with van der Waals surface area (Å²) in [6, 6.07) is 14.1. The molecule has 0 fully saturated rings. The molecule has 6 nitrogen and oxygen atoms in total. The van der Waals surface area contributed by atoms with Gasteiger partial charge >= 0.3 is 0 Å². The number of thioether (sulfide) groups is 1. The number of furan rings is 1. The van der Waals surface area contributed by atoms with Crippen LogP contribution >= 0.6 is 11.8 Å². The predicted octanol–water partition coefficient (Wildman–Crippen LogP) is 4.12. The van der Waals surface area contributed by atoms with E-state index in [2.05, 4.69) is 15.3 Å². The zero-order chi connectivity index (χ0) is 18.1. The largest absolute Gasteiger partial charge is 0.508 e. The van der Waals surface area contributed by atoms with Gasteiger partial charge in [0.25, 0.3) is 0 Å². The molecule has 26 heavy (non-hydrogen) atoms. The minimum absolute atomic E-state index is 0.103. The third-order valence-electron chi connectivity index (χ3n) is 3.77. The second-order valence-corrected chi connectivity index (χ2v) is 6.70. The number of phenols is 1.